The number of carbonyl (C=O) groups is 2. The van der Waals surface area contributed by atoms with Gasteiger partial charge in [-0.05, 0) is 49.6 Å². The molecule has 2 amide bonds. The summed E-state index contributed by atoms with van der Waals surface area (Å²) in [5, 5.41) is 3.48. The second kappa shape index (κ2) is 10.9. The van der Waals surface area contributed by atoms with Crippen LogP contribution in [0.1, 0.15) is 47.3 Å². The van der Waals surface area contributed by atoms with Gasteiger partial charge in [-0.1, -0.05) is 19.3 Å². The highest BCUT2D eigenvalue weighted by atomic mass is 32.1. The number of fused-ring (bicyclic) bond motifs is 1. The summed E-state index contributed by atoms with van der Waals surface area (Å²) in [6.45, 7) is 4.38. The van der Waals surface area contributed by atoms with Gasteiger partial charge in [0.05, 0.1) is 23.7 Å². The third-order valence-corrected chi connectivity index (χ3v) is 8.59. The van der Waals surface area contributed by atoms with E-state index in [9.17, 15) is 14.4 Å². The molecule has 3 aromatic rings. The molecule has 0 atom stereocenters. The predicted octanol–water partition coefficient (Wildman–Crippen LogP) is 3.19. The normalized spacial score (nSPS) is 16.7. The number of piperazine rings is 1. The summed E-state index contributed by atoms with van der Waals surface area (Å²) in [5.74, 6) is 0.570. The van der Waals surface area contributed by atoms with Crippen LogP contribution in [0.4, 0.5) is 5.69 Å². The SMILES string of the molecule is COc1ccc(N2CCN(C(=O)c3sc4ncn(CC(=O)NC5CCCCC5)c(=O)c4c3C)CC2)cc1. The second-order valence-electron chi connectivity index (χ2n) is 9.79. The highest BCUT2D eigenvalue weighted by Crippen LogP contribution is 2.29. The Balaban J connectivity index is 1.27. The Kier molecular flexibility index (Phi) is 7.45. The van der Waals surface area contributed by atoms with Gasteiger partial charge in [-0.3, -0.25) is 19.0 Å². The molecule has 0 unspecified atom stereocenters. The largest absolute Gasteiger partial charge is 0.497 e. The van der Waals surface area contributed by atoms with Crippen LogP contribution in [-0.4, -0.2) is 65.6 Å². The Morgan fingerprint density at radius 3 is 2.46 bits per heavy atom. The molecule has 0 radical (unpaired) electrons. The van der Waals surface area contributed by atoms with Gasteiger partial charge < -0.3 is 19.9 Å². The molecule has 5 rings (SSSR count). The van der Waals surface area contributed by atoms with E-state index in [-0.39, 0.29) is 30.0 Å². The summed E-state index contributed by atoms with van der Waals surface area (Å²) in [4.78, 5) is 48.8. The minimum absolute atomic E-state index is 0.0653. The first kappa shape index (κ1) is 25.3. The highest BCUT2D eigenvalue weighted by Gasteiger charge is 2.27. The van der Waals surface area contributed by atoms with Crippen LogP contribution in [0.15, 0.2) is 35.4 Å². The van der Waals surface area contributed by atoms with Gasteiger partial charge in [0.1, 0.15) is 17.1 Å². The predicted molar refractivity (Wildman–Crippen MR) is 145 cm³/mol. The van der Waals surface area contributed by atoms with Crippen molar-refractivity contribution >= 4 is 39.1 Å². The second-order valence-corrected chi connectivity index (χ2v) is 10.8. The van der Waals surface area contributed by atoms with Crippen molar-refractivity contribution in [2.45, 2.75) is 51.6 Å². The number of thiophene rings is 1. The fourth-order valence-corrected chi connectivity index (χ4v) is 6.36. The van der Waals surface area contributed by atoms with Crippen molar-refractivity contribution in [2.75, 3.05) is 38.2 Å². The zero-order valence-electron chi connectivity index (χ0n) is 21.4. The Morgan fingerprint density at radius 2 is 1.78 bits per heavy atom. The maximum Gasteiger partial charge on any atom is 0.264 e. The first-order valence-electron chi connectivity index (χ1n) is 12.9. The summed E-state index contributed by atoms with van der Waals surface area (Å²) < 4.78 is 6.59. The first-order valence-corrected chi connectivity index (χ1v) is 13.7. The molecule has 1 saturated carbocycles. The molecule has 1 N–H and O–H groups in total. The maximum absolute atomic E-state index is 13.4. The Hall–Kier alpha value is -3.40. The van der Waals surface area contributed by atoms with Gasteiger partial charge in [-0.25, -0.2) is 4.98 Å². The molecule has 3 heterocycles. The molecule has 2 fully saturated rings. The minimum Gasteiger partial charge on any atom is -0.497 e. The molecule has 2 aromatic heterocycles. The number of anilines is 1. The van der Waals surface area contributed by atoms with E-state index in [1.165, 1.54) is 28.7 Å². The number of hydrogen-bond donors (Lipinski definition) is 1. The molecular formula is C27H33N5O4S. The quantitative estimate of drug-likeness (QED) is 0.533. The number of carbonyl (C=O) groups excluding carboxylic acids is 2. The molecule has 0 bridgehead atoms. The zero-order valence-corrected chi connectivity index (χ0v) is 22.2. The van der Waals surface area contributed by atoms with Crippen LogP contribution in [0.5, 0.6) is 5.75 Å². The Labute approximate surface area is 220 Å². The first-order chi connectivity index (χ1) is 17.9. The van der Waals surface area contributed by atoms with Crippen LogP contribution >= 0.6 is 11.3 Å². The van der Waals surface area contributed by atoms with Crippen LogP contribution < -0.4 is 20.5 Å². The molecular weight excluding hydrogens is 490 g/mol. The van der Waals surface area contributed by atoms with Crippen molar-refractivity contribution < 1.29 is 14.3 Å². The Bertz CT molecular complexity index is 1340. The van der Waals surface area contributed by atoms with Crippen LogP contribution in [0.2, 0.25) is 0 Å². The number of aryl methyl sites for hydroxylation is 1. The van der Waals surface area contributed by atoms with E-state index in [4.69, 9.17) is 4.74 Å². The van der Waals surface area contributed by atoms with Crippen molar-refractivity contribution in [3.8, 4) is 5.75 Å². The standard InChI is InChI=1S/C27H33N5O4S/c1-18-23-25(28-17-32(26(23)34)16-22(33)29-19-6-4-3-5-7-19)37-24(18)27(35)31-14-12-30(13-15-31)20-8-10-21(36-2)11-9-20/h8-11,17,19H,3-7,12-16H2,1-2H3,(H,29,33). The minimum atomic E-state index is -0.277. The van der Waals surface area contributed by atoms with Gasteiger partial charge in [-0.15, -0.1) is 11.3 Å². The van der Waals surface area contributed by atoms with Gasteiger partial charge in [-0.2, -0.15) is 0 Å². The smallest absolute Gasteiger partial charge is 0.264 e. The van der Waals surface area contributed by atoms with Crippen LogP contribution in [0.3, 0.4) is 0 Å². The average molecular weight is 524 g/mol. The zero-order chi connectivity index (χ0) is 25.9. The highest BCUT2D eigenvalue weighted by molar-refractivity contribution is 7.20. The number of methoxy groups -OCH3 is 1. The van der Waals surface area contributed by atoms with Crippen LogP contribution in [0.25, 0.3) is 10.2 Å². The molecule has 10 heteroatoms. The molecule has 1 saturated heterocycles. The van der Waals surface area contributed by atoms with Gasteiger partial charge in [0.2, 0.25) is 5.91 Å². The third kappa shape index (κ3) is 5.34. The van der Waals surface area contributed by atoms with E-state index in [0.717, 1.165) is 50.2 Å². The van der Waals surface area contributed by atoms with E-state index in [2.05, 4.69) is 15.2 Å². The van der Waals surface area contributed by atoms with Gasteiger partial charge in [0.15, 0.2) is 0 Å². The van der Waals surface area contributed by atoms with Gasteiger partial charge in [0.25, 0.3) is 11.5 Å². The van der Waals surface area contributed by atoms with Crippen LogP contribution in [-0.2, 0) is 11.3 Å². The van der Waals surface area contributed by atoms with Crippen molar-refractivity contribution in [3.05, 3.63) is 51.4 Å². The molecule has 1 aliphatic heterocycles. The maximum atomic E-state index is 13.4. The van der Waals surface area contributed by atoms with E-state index in [1.807, 2.05) is 29.2 Å². The topological polar surface area (TPSA) is 96.8 Å². The number of ether oxygens (including phenoxy) is 1. The summed E-state index contributed by atoms with van der Waals surface area (Å²) in [6, 6.07) is 8.11. The fraction of sp³-hybridized carbons (Fsp3) is 0.481. The van der Waals surface area contributed by atoms with Crippen LogP contribution in [0, 0.1) is 6.92 Å². The number of amides is 2. The monoisotopic (exact) mass is 523 g/mol. The van der Waals surface area contributed by atoms with Crippen molar-refractivity contribution in [2.24, 2.45) is 0 Å². The lowest BCUT2D eigenvalue weighted by Gasteiger charge is -2.36. The summed E-state index contributed by atoms with van der Waals surface area (Å²) >= 11 is 1.25. The number of hydrogen-bond acceptors (Lipinski definition) is 7. The summed E-state index contributed by atoms with van der Waals surface area (Å²) in [7, 11) is 1.65. The van der Waals surface area contributed by atoms with E-state index >= 15 is 0 Å². The van der Waals surface area contributed by atoms with Crippen molar-refractivity contribution in [1.29, 1.82) is 0 Å². The molecule has 2 aliphatic rings. The summed E-state index contributed by atoms with van der Waals surface area (Å²) in [5.41, 5.74) is 1.46. The molecule has 9 nitrogen and oxygen atoms in total. The number of nitrogens with zero attached hydrogens (tertiary/aromatic N) is 4. The third-order valence-electron chi connectivity index (χ3n) is 7.40. The average Bonchev–Trinajstić information content (AvgIpc) is 3.27. The number of rotatable bonds is 6. The number of nitrogens with one attached hydrogen (secondary N) is 1. The lowest BCUT2D eigenvalue weighted by atomic mass is 9.95. The van der Waals surface area contributed by atoms with Crippen molar-refractivity contribution in [1.82, 2.24) is 19.8 Å². The van der Waals surface area contributed by atoms with E-state index in [0.29, 0.717) is 33.7 Å². The lowest BCUT2D eigenvalue weighted by molar-refractivity contribution is -0.122. The van der Waals surface area contributed by atoms with E-state index < -0.39 is 0 Å². The lowest BCUT2D eigenvalue weighted by Crippen LogP contribution is -2.48. The number of benzene rings is 1. The molecule has 1 aliphatic carbocycles. The fourth-order valence-electron chi connectivity index (χ4n) is 5.26. The number of aromatic nitrogens is 2. The van der Waals surface area contributed by atoms with Gasteiger partial charge in [0, 0.05) is 37.9 Å². The molecule has 1 aromatic carbocycles. The van der Waals surface area contributed by atoms with Crippen molar-refractivity contribution in [3.63, 3.8) is 0 Å². The Morgan fingerprint density at radius 1 is 1.08 bits per heavy atom. The van der Waals surface area contributed by atoms with E-state index in [1.54, 1.807) is 14.0 Å². The van der Waals surface area contributed by atoms with Gasteiger partial charge >= 0.3 is 0 Å². The molecule has 37 heavy (non-hydrogen) atoms. The summed E-state index contributed by atoms with van der Waals surface area (Å²) in [6.07, 6.45) is 6.86. The molecule has 0 spiro atoms. The molecule has 196 valence electrons.